The van der Waals surface area contributed by atoms with Crippen molar-refractivity contribution in [1.82, 2.24) is 10.6 Å². The zero-order valence-corrected chi connectivity index (χ0v) is 11.7. The van der Waals surface area contributed by atoms with Gasteiger partial charge in [0.1, 0.15) is 5.75 Å². The zero-order chi connectivity index (χ0) is 14.5. The van der Waals surface area contributed by atoms with Crippen molar-refractivity contribution in [3.05, 3.63) is 23.8 Å². The van der Waals surface area contributed by atoms with Crippen molar-refractivity contribution >= 4 is 17.6 Å². The lowest BCUT2D eigenvalue weighted by Crippen LogP contribution is -2.44. The Morgan fingerprint density at radius 2 is 2.20 bits per heavy atom. The summed E-state index contributed by atoms with van der Waals surface area (Å²) < 4.78 is 5.67. The minimum atomic E-state index is -0.748. The van der Waals surface area contributed by atoms with Crippen molar-refractivity contribution in [1.29, 1.82) is 0 Å². The summed E-state index contributed by atoms with van der Waals surface area (Å²) in [7, 11) is 1.45. The molecule has 1 aliphatic heterocycles. The molecule has 1 heterocycles. The van der Waals surface area contributed by atoms with E-state index in [1.165, 1.54) is 12.6 Å². The number of hydrogen-bond donors (Lipinski definition) is 3. The predicted molar refractivity (Wildman–Crippen MR) is 75.9 cm³/mol. The minimum absolute atomic E-state index is 0.474. The summed E-state index contributed by atoms with van der Waals surface area (Å²) >= 11 is 0. The fraction of sp³-hybridized carbons (Fsp3) is 0.429. The van der Waals surface area contributed by atoms with Gasteiger partial charge in [0.05, 0.1) is 5.69 Å². The number of carbonyl (C=O) groups excluding carboxylic acids is 2. The van der Waals surface area contributed by atoms with Gasteiger partial charge in [-0.25, -0.2) is 4.79 Å². The van der Waals surface area contributed by atoms with Crippen LogP contribution < -0.4 is 20.7 Å². The number of carbonyl (C=O) groups is 2. The molecule has 1 atom stereocenters. The molecule has 6 heteroatoms. The van der Waals surface area contributed by atoms with E-state index in [1.54, 1.807) is 6.92 Å². The first kappa shape index (κ1) is 14.2. The number of rotatable bonds is 3. The third kappa shape index (κ3) is 3.20. The van der Waals surface area contributed by atoms with Crippen LogP contribution in [0, 0.1) is 0 Å². The molecule has 2 rings (SSSR count). The quantitative estimate of drug-likeness (QED) is 0.777. The number of aryl methyl sites for hydroxylation is 1. The highest BCUT2D eigenvalue weighted by Crippen LogP contribution is 2.32. The number of para-hydroxylation sites is 1. The van der Waals surface area contributed by atoms with E-state index in [0.717, 1.165) is 25.1 Å². The topological polar surface area (TPSA) is 79.5 Å². The van der Waals surface area contributed by atoms with Gasteiger partial charge in [0.2, 0.25) is 0 Å². The Kier molecular flexibility index (Phi) is 4.45. The summed E-state index contributed by atoms with van der Waals surface area (Å²) in [6.07, 6.45) is 1.34. The van der Waals surface area contributed by atoms with E-state index >= 15 is 0 Å². The predicted octanol–water partition coefficient (Wildman–Crippen LogP) is 1.27. The lowest BCUT2D eigenvalue weighted by molar-refractivity contribution is -0.126. The lowest BCUT2D eigenvalue weighted by Gasteiger charge is -2.23. The Bertz CT molecular complexity index is 516. The number of nitrogens with one attached hydrogen (secondary N) is 3. The molecule has 108 valence electrons. The van der Waals surface area contributed by atoms with Crippen LogP contribution in [0.1, 0.15) is 18.9 Å². The molecule has 0 aliphatic carbocycles. The molecule has 20 heavy (non-hydrogen) atoms. The van der Waals surface area contributed by atoms with E-state index in [-0.39, 0.29) is 0 Å². The summed E-state index contributed by atoms with van der Waals surface area (Å²) in [5.41, 5.74) is 2.13. The van der Waals surface area contributed by atoms with Gasteiger partial charge in [-0.15, -0.1) is 0 Å². The van der Waals surface area contributed by atoms with Gasteiger partial charge in [0.25, 0.3) is 5.91 Å². The fourth-order valence-electron chi connectivity index (χ4n) is 2.10. The second-order valence-electron chi connectivity index (χ2n) is 4.65. The van der Waals surface area contributed by atoms with Crippen LogP contribution in [-0.2, 0) is 11.2 Å². The fourth-order valence-corrected chi connectivity index (χ4v) is 2.10. The second kappa shape index (κ2) is 6.27. The number of anilines is 1. The summed E-state index contributed by atoms with van der Waals surface area (Å²) in [5, 5.41) is 7.81. The van der Waals surface area contributed by atoms with E-state index in [1.807, 2.05) is 18.2 Å². The molecular weight excluding hydrogens is 258 g/mol. The molecule has 0 radical (unpaired) electrons. The Morgan fingerprint density at radius 1 is 1.40 bits per heavy atom. The SMILES string of the molecule is CNC(=O)NC(=O)C(C)Oc1cccc2c1NCCC2. The van der Waals surface area contributed by atoms with Gasteiger partial charge in [-0.3, -0.25) is 10.1 Å². The van der Waals surface area contributed by atoms with E-state index in [2.05, 4.69) is 16.0 Å². The Balaban J connectivity index is 2.06. The maximum absolute atomic E-state index is 11.8. The first-order valence-electron chi connectivity index (χ1n) is 6.67. The molecule has 1 aromatic carbocycles. The van der Waals surface area contributed by atoms with Crippen LogP contribution in [0.5, 0.6) is 5.75 Å². The van der Waals surface area contributed by atoms with Crippen molar-refractivity contribution in [3.63, 3.8) is 0 Å². The molecule has 0 aromatic heterocycles. The second-order valence-corrected chi connectivity index (χ2v) is 4.65. The van der Waals surface area contributed by atoms with Crippen LogP contribution in [-0.4, -0.2) is 31.6 Å². The molecule has 0 saturated carbocycles. The van der Waals surface area contributed by atoms with Crippen molar-refractivity contribution in [2.45, 2.75) is 25.9 Å². The molecule has 0 spiro atoms. The number of fused-ring (bicyclic) bond motifs is 1. The van der Waals surface area contributed by atoms with Crippen molar-refractivity contribution in [2.75, 3.05) is 18.9 Å². The Hall–Kier alpha value is -2.24. The largest absolute Gasteiger partial charge is 0.479 e. The van der Waals surface area contributed by atoms with Crippen LogP contribution in [0.25, 0.3) is 0 Å². The summed E-state index contributed by atoms with van der Waals surface area (Å²) in [5.74, 6) is 0.166. The number of amides is 3. The molecule has 1 unspecified atom stereocenters. The first-order chi connectivity index (χ1) is 9.61. The third-order valence-corrected chi connectivity index (χ3v) is 3.17. The number of hydrogen-bond acceptors (Lipinski definition) is 4. The average Bonchev–Trinajstić information content (AvgIpc) is 2.47. The summed E-state index contributed by atoms with van der Waals surface area (Å²) in [6.45, 7) is 2.51. The van der Waals surface area contributed by atoms with Gasteiger partial charge in [0.15, 0.2) is 6.10 Å². The highest BCUT2D eigenvalue weighted by molar-refractivity contribution is 5.96. The third-order valence-electron chi connectivity index (χ3n) is 3.17. The van der Waals surface area contributed by atoms with Crippen molar-refractivity contribution in [2.24, 2.45) is 0 Å². The van der Waals surface area contributed by atoms with Crippen LogP contribution in [0.2, 0.25) is 0 Å². The van der Waals surface area contributed by atoms with Gasteiger partial charge in [-0.05, 0) is 31.4 Å². The molecule has 3 N–H and O–H groups in total. The number of imide groups is 1. The number of urea groups is 1. The molecule has 0 bridgehead atoms. The molecule has 0 saturated heterocycles. The van der Waals surface area contributed by atoms with E-state index in [4.69, 9.17) is 4.74 Å². The Morgan fingerprint density at radius 3 is 2.95 bits per heavy atom. The summed E-state index contributed by atoms with van der Waals surface area (Å²) in [6, 6.07) is 5.23. The van der Waals surface area contributed by atoms with E-state index < -0.39 is 18.0 Å². The lowest BCUT2D eigenvalue weighted by atomic mass is 10.0. The highest BCUT2D eigenvalue weighted by Gasteiger charge is 2.20. The summed E-state index contributed by atoms with van der Waals surface area (Å²) in [4.78, 5) is 22.9. The molecule has 1 aromatic rings. The van der Waals surface area contributed by atoms with Gasteiger partial charge in [0, 0.05) is 13.6 Å². The van der Waals surface area contributed by atoms with Crippen LogP contribution in [0.15, 0.2) is 18.2 Å². The number of benzene rings is 1. The van der Waals surface area contributed by atoms with Gasteiger partial charge < -0.3 is 15.4 Å². The highest BCUT2D eigenvalue weighted by atomic mass is 16.5. The van der Waals surface area contributed by atoms with Gasteiger partial charge in [-0.2, -0.15) is 0 Å². The van der Waals surface area contributed by atoms with Crippen molar-refractivity contribution in [3.8, 4) is 5.75 Å². The Labute approximate surface area is 117 Å². The monoisotopic (exact) mass is 277 g/mol. The zero-order valence-electron chi connectivity index (χ0n) is 11.7. The molecule has 6 nitrogen and oxygen atoms in total. The van der Waals surface area contributed by atoms with Crippen molar-refractivity contribution < 1.29 is 14.3 Å². The maximum Gasteiger partial charge on any atom is 0.321 e. The smallest absolute Gasteiger partial charge is 0.321 e. The normalized spacial score (nSPS) is 14.5. The van der Waals surface area contributed by atoms with Crippen LogP contribution in [0.3, 0.4) is 0 Å². The minimum Gasteiger partial charge on any atom is -0.479 e. The molecule has 0 fully saturated rings. The van der Waals surface area contributed by atoms with Crippen LogP contribution >= 0.6 is 0 Å². The molecule has 3 amide bonds. The van der Waals surface area contributed by atoms with Crippen LogP contribution in [0.4, 0.5) is 10.5 Å². The molecular formula is C14H19N3O3. The first-order valence-corrected chi connectivity index (χ1v) is 6.67. The maximum atomic E-state index is 11.8. The van der Waals surface area contributed by atoms with Gasteiger partial charge in [-0.1, -0.05) is 12.1 Å². The standard InChI is InChI=1S/C14H19N3O3/c1-9(13(18)17-14(19)15-2)20-11-7-3-5-10-6-4-8-16-12(10)11/h3,5,7,9,16H,4,6,8H2,1-2H3,(H2,15,17,18,19). The van der Waals surface area contributed by atoms with Gasteiger partial charge >= 0.3 is 6.03 Å². The number of ether oxygens (including phenoxy) is 1. The molecule has 1 aliphatic rings. The van der Waals surface area contributed by atoms with E-state index in [9.17, 15) is 9.59 Å². The van der Waals surface area contributed by atoms with E-state index in [0.29, 0.717) is 5.75 Å². The average molecular weight is 277 g/mol.